The van der Waals surface area contributed by atoms with E-state index in [2.05, 4.69) is 15.6 Å². The third kappa shape index (κ3) is 4.29. The molecule has 19 heavy (non-hydrogen) atoms. The van der Waals surface area contributed by atoms with E-state index in [4.69, 9.17) is 5.11 Å². The maximum atomic E-state index is 11.8. The molecule has 1 saturated heterocycles. The average molecular weight is 267 g/mol. The minimum Gasteiger partial charge on any atom is -0.396 e. The second-order valence-electron chi connectivity index (χ2n) is 4.74. The minimum absolute atomic E-state index is 0.151. The summed E-state index contributed by atoms with van der Waals surface area (Å²) in [5.41, 5.74) is 0.812. The van der Waals surface area contributed by atoms with Crippen molar-refractivity contribution in [2.24, 2.45) is 0 Å². The first-order valence-corrected chi connectivity index (χ1v) is 6.78. The summed E-state index contributed by atoms with van der Waals surface area (Å²) in [6.45, 7) is 3.48. The molecule has 7 nitrogen and oxygen atoms in total. The van der Waals surface area contributed by atoms with Crippen LogP contribution in [0.1, 0.15) is 25.0 Å². The molecule has 1 amide bonds. The normalized spacial score (nSPS) is 15.1. The van der Waals surface area contributed by atoms with Gasteiger partial charge in [0.2, 0.25) is 5.91 Å². The van der Waals surface area contributed by atoms with Crippen LogP contribution in [0.25, 0.3) is 0 Å². The summed E-state index contributed by atoms with van der Waals surface area (Å²) in [6.07, 6.45) is 4.74. The van der Waals surface area contributed by atoms with Gasteiger partial charge < -0.3 is 15.3 Å². The molecule has 0 aromatic carbocycles. The average Bonchev–Trinajstić information content (AvgIpc) is 3.07. The fraction of sp³-hybridized carbons (Fsp3) is 0.750. The van der Waals surface area contributed by atoms with Gasteiger partial charge in [0.15, 0.2) is 0 Å². The van der Waals surface area contributed by atoms with Crippen molar-refractivity contribution in [2.75, 3.05) is 26.2 Å². The van der Waals surface area contributed by atoms with Gasteiger partial charge in [-0.05, 0) is 19.3 Å². The zero-order valence-electron chi connectivity index (χ0n) is 11.1. The molecule has 0 radical (unpaired) electrons. The lowest BCUT2D eigenvalue weighted by Gasteiger charge is -2.14. The fourth-order valence-electron chi connectivity index (χ4n) is 2.14. The smallest absolute Gasteiger partial charge is 0.236 e. The summed E-state index contributed by atoms with van der Waals surface area (Å²) in [6, 6.07) is 0. The van der Waals surface area contributed by atoms with Crippen LogP contribution in [0, 0.1) is 0 Å². The lowest BCUT2D eigenvalue weighted by atomic mass is 10.4. The van der Waals surface area contributed by atoms with Gasteiger partial charge in [-0.2, -0.15) is 0 Å². The van der Waals surface area contributed by atoms with Crippen LogP contribution < -0.4 is 5.32 Å². The number of likely N-dealkylation sites (tertiary alicyclic amines) is 1. The number of amides is 1. The molecule has 106 valence electrons. The number of aliphatic hydroxyl groups is 1. The van der Waals surface area contributed by atoms with Gasteiger partial charge in [0.1, 0.15) is 0 Å². The van der Waals surface area contributed by atoms with Gasteiger partial charge in [-0.15, -0.1) is 5.10 Å². The molecule has 2 heterocycles. The Bertz CT molecular complexity index is 401. The maximum Gasteiger partial charge on any atom is 0.236 e. The molecule has 1 aliphatic rings. The number of hydrogen-bond donors (Lipinski definition) is 2. The van der Waals surface area contributed by atoms with Crippen LogP contribution in [0.2, 0.25) is 0 Å². The van der Waals surface area contributed by atoms with E-state index < -0.39 is 0 Å². The summed E-state index contributed by atoms with van der Waals surface area (Å²) < 4.78 is 1.70. The number of aryl methyl sites for hydroxylation is 1. The van der Waals surface area contributed by atoms with Gasteiger partial charge in [-0.1, -0.05) is 5.21 Å². The van der Waals surface area contributed by atoms with E-state index in [0.29, 0.717) is 26.1 Å². The first-order chi connectivity index (χ1) is 9.29. The SMILES string of the molecule is O=C(CNCc1cn(CCCO)nn1)N1CCCC1. The molecule has 0 atom stereocenters. The second kappa shape index (κ2) is 7.20. The summed E-state index contributed by atoms with van der Waals surface area (Å²) in [7, 11) is 0. The van der Waals surface area contributed by atoms with E-state index in [9.17, 15) is 4.79 Å². The van der Waals surface area contributed by atoms with Crippen molar-refractivity contribution < 1.29 is 9.90 Å². The van der Waals surface area contributed by atoms with Crippen molar-refractivity contribution in [3.05, 3.63) is 11.9 Å². The lowest BCUT2D eigenvalue weighted by molar-refractivity contribution is -0.129. The van der Waals surface area contributed by atoms with E-state index in [1.54, 1.807) is 4.68 Å². The Balaban J connectivity index is 1.67. The maximum absolute atomic E-state index is 11.8. The van der Waals surface area contributed by atoms with Crippen molar-refractivity contribution in [3.8, 4) is 0 Å². The standard InChI is InChI=1S/C12H21N5O2/c18-7-3-6-17-10-11(14-15-17)8-13-9-12(19)16-4-1-2-5-16/h10,13,18H,1-9H2. The number of hydrogen-bond acceptors (Lipinski definition) is 5. The molecular weight excluding hydrogens is 246 g/mol. The van der Waals surface area contributed by atoms with Crippen molar-refractivity contribution in [2.45, 2.75) is 32.4 Å². The van der Waals surface area contributed by atoms with E-state index in [-0.39, 0.29) is 12.5 Å². The van der Waals surface area contributed by atoms with E-state index in [0.717, 1.165) is 31.6 Å². The Labute approximate surface area is 112 Å². The Morgan fingerprint density at radius 2 is 2.21 bits per heavy atom. The third-order valence-corrected chi connectivity index (χ3v) is 3.17. The molecule has 7 heteroatoms. The Morgan fingerprint density at radius 3 is 2.95 bits per heavy atom. The Kier molecular flexibility index (Phi) is 5.29. The molecule has 0 aliphatic carbocycles. The molecule has 1 fully saturated rings. The first kappa shape index (κ1) is 14.0. The van der Waals surface area contributed by atoms with Gasteiger partial charge in [-0.3, -0.25) is 9.48 Å². The van der Waals surface area contributed by atoms with Gasteiger partial charge >= 0.3 is 0 Å². The number of nitrogens with one attached hydrogen (secondary N) is 1. The van der Waals surface area contributed by atoms with Crippen LogP contribution in [-0.2, 0) is 17.9 Å². The topological polar surface area (TPSA) is 83.3 Å². The van der Waals surface area contributed by atoms with Gasteiger partial charge in [-0.25, -0.2) is 0 Å². The molecular formula is C12H21N5O2. The Hall–Kier alpha value is -1.47. The largest absolute Gasteiger partial charge is 0.396 e. The number of rotatable bonds is 7. The van der Waals surface area contributed by atoms with E-state index >= 15 is 0 Å². The molecule has 2 rings (SSSR count). The van der Waals surface area contributed by atoms with Crippen molar-refractivity contribution in [3.63, 3.8) is 0 Å². The summed E-state index contributed by atoms with van der Waals surface area (Å²) in [4.78, 5) is 13.7. The third-order valence-electron chi connectivity index (χ3n) is 3.17. The number of carbonyl (C=O) groups is 1. The van der Waals surface area contributed by atoms with Crippen molar-refractivity contribution in [1.82, 2.24) is 25.2 Å². The van der Waals surface area contributed by atoms with Crippen LogP contribution in [0.3, 0.4) is 0 Å². The van der Waals surface area contributed by atoms with Gasteiger partial charge in [0.25, 0.3) is 0 Å². The molecule has 0 saturated carbocycles. The quantitative estimate of drug-likeness (QED) is 0.687. The molecule has 0 unspecified atom stereocenters. The van der Waals surface area contributed by atoms with Crippen LogP contribution in [0.4, 0.5) is 0 Å². The second-order valence-corrected chi connectivity index (χ2v) is 4.74. The molecule has 1 aromatic rings. The number of aliphatic hydroxyl groups excluding tert-OH is 1. The number of nitrogens with zero attached hydrogens (tertiary/aromatic N) is 4. The number of carbonyl (C=O) groups excluding carboxylic acids is 1. The molecule has 2 N–H and O–H groups in total. The van der Waals surface area contributed by atoms with Crippen molar-refractivity contribution in [1.29, 1.82) is 0 Å². The highest BCUT2D eigenvalue weighted by Gasteiger charge is 2.17. The monoisotopic (exact) mass is 267 g/mol. The highest BCUT2D eigenvalue weighted by Crippen LogP contribution is 2.06. The Morgan fingerprint density at radius 1 is 1.42 bits per heavy atom. The summed E-state index contributed by atoms with van der Waals surface area (Å²) in [5, 5.41) is 19.8. The lowest BCUT2D eigenvalue weighted by Crippen LogP contribution is -2.36. The summed E-state index contributed by atoms with van der Waals surface area (Å²) in [5.74, 6) is 0.158. The zero-order chi connectivity index (χ0) is 13.5. The van der Waals surface area contributed by atoms with E-state index in [1.807, 2.05) is 11.1 Å². The van der Waals surface area contributed by atoms with Crippen LogP contribution in [0.15, 0.2) is 6.20 Å². The molecule has 0 bridgehead atoms. The highest BCUT2D eigenvalue weighted by molar-refractivity contribution is 5.78. The molecule has 0 spiro atoms. The molecule has 1 aromatic heterocycles. The first-order valence-electron chi connectivity index (χ1n) is 6.78. The minimum atomic E-state index is 0.151. The molecule has 1 aliphatic heterocycles. The number of aromatic nitrogens is 3. The fourth-order valence-corrected chi connectivity index (χ4v) is 2.14. The van der Waals surface area contributed by atoms with Crippen molar-refractivity contribution >= 4 is 5.91 Å². The van der Waals surface area contributed by atoms with Gasteiger partial charge in [0.05, 0.1) is 12.2 Å². The predicted octanol–water partition coefficient (Wildman–Crippen LogP) is -0.627. The van der Waals surface area contributed by atoms with Gasteiger partial charge in [0, 0.05) is 39.0 Å². The van der Waals surface area contributed by atoms with Crippen LogP contribution >= 0.6 is 0 Å². The van der Waals surface area contributed by atoms with Crippen LogP contribution in [-0.4, -0.2) is 57.1 Å². The van der Waals surface area contributed by atoms with Crippen LogP contribution in [0.5, 0.6) is 0 Å². The van der Waals surface area contributed by atoms with E-state index in [1.165, 1.54) is 0 Å². The zero-order valence-corrected chi connectivity index (χ0v) is 11.1. The predicted molar refractivity (Wildman–Crippen MR) is 69.2 cm³/mol. The highest BCUT2D eigenvalue weighted by atomic mass is 16.3. The summed E-state index contributed by atoms with van der Waals surface area (Å²) >= 11 is 0.